The Morgan fingerprint density at radius 3 is 2.56 bits per heavy atom. The van der Waals surface area contributed by atoms with Crippen LogP contribution in [-0.4, -0.2) is 16.1 Å². The molecule has 1 aromatic carbocycles. The molecule has 1 heterocycles. The Morgan fingerprint density at radius 2 is 1.94 bits per heavy atom. The maximum absolute atomic E-state index is 13.5. The number of rotatable bonds is 2. The van der Waals surface area contributed by atoms with E-state index in [0.717, 1.165) is 6.07 Å². The molecule has 3 nitrogen and oxygen atoms in total. The van der Waals surface area contributed by atoms with E-state index in [9.17, 15) is 18.0 Å². The summed E-state index contributed by atoms with van der Waals surface area (Å²) < 4.78 is 39.7. The van der Waals surface area contributed by atoms with Gasteiger partial charge in [0.15, 0.2) is 17.5 Å². The fourth-order valence-electron chi connectivity index (χ4n) is 1.74. The number of halogens is 3. The van der Waals surface area contributed by atoms with Gasteiger partial charge in [-0.2, -0.15) is 0 Å². The van der Waals surface area contributed by atoms with Crippen LogP contribution in [0.2, 0.25) is 0 Å². The number of aryl methyl sites for hydroxylation is 1. The summed E-state index contributed by atoms with van der Waals surface area (Å²) in [7, 11) is 0. The van der Waals surface area contributed by atoms with E-state index in [2.05, 4.69) is 4.98 Å². The fraction of sp³-hybridized carbons (Fsp3) is 0.167. The van der Waals surface area contributed by atoms with Crippen LogP contribution in [0.25, 0.3) is 10.9 Å². The first-order chi connectivity index (χ1) is 8.40. The molecule has 2 aromatic rings. The lowest BCUT2D eigenvalue weighted by atomic mass is 10.1. The molecule has 18 heavy (non-hydrogen) atoms. The van der Waals surface area contributed by atoms with Crippen molar-refractivity contribution in [3.8, 4) is 0 Å². The topological polar surface area (TPSA) is 50.2 Å². The predicted molar refractivity (Wildman–Crippen MR) is 57.7 cm³/mol. The van der Waals surface area contributed by atoms with Crippen LogP contribution in [0, 0.1) is 24.4 Å². The molecule has 0 saturated heterocycles. The third kappa shape index (κ3) is 2.01. The molecule has 2 rings (SSSR count). The average molecular weight is 255 g/mol. The number of aromatic nitrogens is 1. The normalized spacial score (nSPS) is 10.9. The summed E-state index contributed by atoms with van der Waals surface area (Å²) in [6.07, 6.45) is -0.408. The van der Waals surface area contributed by atoms with Crippen molar-refractivity contribution in [1.29, 1.82) is 0 Å². The Labute approximate surface area is 99.9 Å². The highest BCUT2D eigenvalue weighted by Crippen LogP contribution is 2.24. The van der Waals surface area contributed by atoms with E-state index in [1.54, 1.807) is 6.92 Å². The number of nitrogens with zero attached hydrogens (tertiary/aromatic N) is 1. The second-order valence-corrected chi connectivity index (χ2v) is 3.88. The van der Waals surface area contributed by atoms with Crippen molar-refractivity contribution in [2.75, 3.05) is 0 Å². The van der Waals surface area contributed by atoms with Crippen molar-refractivity contribution >= 4 is 16.9 Å². The van der Waals surface area contributed by atoms with Gasteiger partial charge < -0.3 is 5.11 Å². The average Bonchev–Trinajstić information content (AvgIpc) is 2.27. The molecule has 0 saturated carbocycles. The smallest absolute Gasteiger partial charge is 0.309 e. The number of benzene rings is 1. The highest BCUT2D eigenvalue weighted by molar-refractivity contribution is 5.83. The van der Waals surface area contributed by atoms with E-state index in [1.807, 2.05) is 0 Å². The van der Waals surface area contributed by atoms with Crippen LogP contribution in [0.3, 0.4) is 0 Å². The lowest BCUT2D eigenvalue weighted by Crippen LogP contribution is -2.05. The number of pyridine rings is 1. The highest BCUT2D eigenvalue weighted by atomic mass is 19.2. The molecule has 6 heteroatoms. The Kier molecular flexibility index (Phi) is 2.94. The van der Waals surface area contributed by atoms with Crippen LogP contribution in [0.1, 0.15) is 11.3 Å². The van der Waals surface area contributed by atoms with Crippen LogP contribution >= 0.6 is 0 Å². The van der Waals surface area contributed by atoms with Crippen molar-refractivity contribution in [2.45, 2.75) is 13.3 Å². The monoisotopic (exact) mass is 255 g/mol. The van der Waals surface area contributed by atoms with Crippen molar-refractivity contribution < 1.29 is 23.1 Å². The minimum Gasteiger partial charge on any atom is -0.481 e. The highest BCUT2D eigenvalue weighted by Gasteiger charge is 2.17. The summed E-state index contributed by atoms with van der Waals surface area (Å²) in [6.45, 7) is 1.55. The number of fused-ring (bicyclic) bond motifs is 1. The minimum absolute atomic E-state index is 0.0948. The van der Waals surface area contributed by atoms with E-state index in [-0.39, 0.29) is 16.6 Å². The first kappa shape index (κ1) is 12.3. The molecule has 0 aliphatic rings. The van der Waals surface area contributed by atoms with Crippen molar-refractivity contribution in [1.82, 2.24) is 4.98 Å². The molecule has 0 unspecified atom stereocenters. The molecule has 0 fully saturated rings. The Morgan fingerprint density at radius 1 is 1.28 bits per heavy atom. The number of carboxylic acid groups (broad SMARTS) is 1. The molecule has 0 atom stereocenters. The number of carboxylic acids is 1. The van der Waals surface area contributed by atoms with Gasteiger partial charge in [0.1, 0.15) is 5.52 Å². The van der Waals surface area contributed by atoms with Crippen LogP contribution in [0.5, 0.6) is 0 Å². The summed E-state index contributed by atoms with van der Waals surface area (Å²) in [5.41, 5.74) is 0.177. The molecule has 94 valence electrons. The minimum atomic E-state index is -1.61. The summed E-state index contributed by atoms with van der Waals surface area (Å²) in [6, 6.07) is 2.26. The van der Waals surface area contributed by atoms with Gasteiger partial charge in [0.25, 0.3) is 0 Å². The van der Waals surface area contributed by atoms with E-state index >= 15 is 0 Å². The summed E-state index contributed by atoms with van der Waals surface area (Å²) in [5.74, 6) is -5.44. The maximum atomic E-state index is 13.5. The van der Waals surface area contributed by atoms with Gasteiger partial charge in [-0.1, -0.05) is 0 Å². The molecule has 0 aliphatic carbocycles. The number of aliphatic carboxylic acids is 1. The zero-order valence-corrected chi connectivity index (χ0v) is 9.30. The van der Waals surface area contributed by atoms with Gasteiger partial charge in [0, 0.05) is 5.39 Å². The Hall–Kier alpha value is -2.11. The number of hydrogen-bond acceptors (Lipinski definition) is 2. The summed E-state index contributed by atoms with van der Waals surface area (Å²) in [4.78, 5) is 14.3. The molecule has 1 aromatic heterocycles. The molecule has 0 bridgehead atoms. The van der Waals surface area contributed by atoms with Crippen LogP contribution < -0.4 is 0 Å². The van der Waals surface area contributed by atoms with Crippen molar-refractivity contribution in [2.24, 2.45) is 0 Å². The predicted octanol–water partition coefficient (Wildman–Crippen LogP) is 2.59. The third-order valence-corrected chi connectivity index (χ3v) is 2.53. The number of hydrogen-bond donors (Lipinski definition) is 1. The molecule has 0 radical (unpaired) electrons. The molecule has 0 spiro atoms. The zero-order chi connectivity index (χ0) is 13.4. The molecule has 0 aliphatic heterocycles. The van der Waals surface area contributed by atoms with E-state index in [0.29, 0.717) is 5.56 Å². The summed E-state index contributed by atoms with van der Waals surface area (Å²) >= 11 is 0. The molecule has 0 amide bonds. The second kappa shape index (κ2) is 4.29. The molecule has 1 N–H and O–H groups in total. The van der Waals surface area contributed by atoms with Crippen molar-refractivity contribution in [3.05, 3.63) is 40.8 Å². The SMILES string of the molecule is Cc1cc(CC(=O)O)nc2c(F)c(F)c(F)cc12. The van der Waals surface area contributed by atoms with Gasteiger partial charge in [-0.05, 0) is 24.6 Å². The van der Waals surface area contributed by atoms with E-state index < -0.39 is 29.8 Å². The van der Waals surface area contributed by atoms with Gasteiger partial charge in [0.05, 0.1) is 12.1 Å². The van der Waals surface area contributed by atoms with Crippen LogP contribution in [0.15, 0.2) is 12.1 Å². The largest absolute Gasteiger partial charge is 0.481 e. The quantitative estimate of drug-likeness (QED) is 0.839. The van der Waals surface area contributed by atoms with Crippen LogP contribution in [-0.2, 0) is 11.2 Å². The molecular formula is C12H8F3NO2. The van der Waals surface area contributed by atoms with Gasteiger partial charge in [-0.15, -0.1) is 0 Å². The second-order valence-electron chi connectivity index (χ2n) is 3.88. The van der Waals surface area contributed by atoms with Gasteiger partial charge in [-0.3, -0.25) is 4.79 Å². The van der Waals surface area contributed by atoms with Gasteiger partial charge in [0.2, 0.25) is 0 Å². The van der Waals surface area contributed by atoms with Gasteiger partial charge in [-0.25, -0.2) is 18.2 Å². The first-order valence-corrected chi connectivity index (χ1v) is 5.05. The Bertz CT molecular complexity index is 656. The van der Waals surface area contributed by atoms with Crippen LogP contribution in [0.4, 0.5) is 13.2 Å². The molecular weight excluding hydrogens is 247 g/mol. The Balaban J connectivity index is 2.75. The standard InChI is InChI=1S/C12H8F3NO2/c1-5-2-6(3-9(17)18)16-12-7(5)4-8(13)10(14)11(12)15/h2,4H,3H2,1H3,(H,17,18). The number of carbonyl (C=O) groups is 1. The maximum Gasteiger partial charge on any atom is 0.309 e. The lowest BCUT2D eigenvalue weighted by molar-refractivity contribution is -0.136. The summed E-state index contributed by atoms with van der Waals surface area (Å²) in [5, 5.41) is 8.76. The fourth-order valence-corrected chi connectivity index (χ4v) is 1.74. The first-order valence-electron chi connectivity index (χ1n) is 5.05. The van der Waals surface area contributed by atoms with Gasteiger partial charge >= 0.3 is 5.97 Å². The van der Waals surface area contributed by atoms with Crippen molar-refractivity contribution in [3.63, 3.8) is 0 Å². The van der Waals surface area contributed by atoms with E-state index in [1.165, 1.54) is 6.07 Å². The zero-order valence-electron chi connectivity index (χ0n) is 9.30. The third-order valence-electron chi connectivity index (χ3n) is 2.53. The lowest BCUT2D eigenvalue weighted by Gasteiger charge is -2.07. The van der Waals surface area contributed by atoms with E-state index in [4.69, 9.17) is 5.11 Å².